The summed E-state index contributed by atoms with van der Waals surface area (Å²) in [6.07, 6.45) is 3.60. The van der Waals surface area contributed by atoms with Crippen LogP contribution in [0.3, 0.4) is 0 Å². The van der Waals surface area contributed by atoms with Gasteiger partial charge in [-0.1, -0.05) is 27.7 Å². The molecule has 0 saturated heterocycles. The number of ether oxygens (including phenoxy) is 1. The fraction of sp³-hybridized carbons (Fsp3) is 0.933. The molecule has 0 aliphatic heterocycles. The zero-order valence-corrected chi connectivity index (χ0v) is 13.3. The summed E-state index contributed by atoms with van der Waals surface area (Å²) in [4.78, 5) is 14.4. The van der Waals surface area contributed by atoms with Crippen LogP contribution in [0.4, 0.5) is 4.79 Å². The van der Waals surface area contributed by atoms with Gasteiger partial charge in [-0.15, -0.1) is 0 Å². The van der Waals surface area contributed by atoms with Gasteiger partial charge in [0.05, 0.1) is 6.61 Å². The smallest absolute Gasteiger partial charge is 0.410 e. The molecule has 0 aromatic heterocycles. The first kappa shape index (κ1) is 17.3. The van der Waals surface area contributed by atoms with E-state index in [4.69, 9.17) is 4.74 Å². The molecule has 0 N–H and O–H groups in total. The largest absolute Gasteiger partial charge is 0.450 e. The molecule has 0 unspecified atom stereocenters. The zero-order chi connectivity index (χ0) is 14.4. The van der Waals surface area contributed by atoms with E-state index in [1.54, 1.807) is 0 Å². The van der Waals surface area contributed by atoms with Gasteiger partial charge in [0.2, 0.25) is 0 Å². The number of amides is 1. The third-order valence-electron chi connectivity index (χ3n) is 4.58. The molecule has 0 aromatic carbocycles. The average Bonchev–Trinajstić information content (AvgIpc) is 2.38. The summed E-state index contributed by atoms with van der Waals surface area (Å²) in [6.45, 7) is 15.2. The molecule has 0 aromatic rings. The van der Waals surface area contributed by atoms with Crippen molar-refractivity contribution in [1.29, 1.82) is 0 Å². The summed E-state index contributed by atoms with van der Waals surface area (Å²) in [7, 11) is 0. The van der Waals surface area contributed by atoms with Gasteiger partial charge in [-0.25, -0.2) is 4.79 Å². The van der Waals surface area contributed by atoms with E-state index in [0.717, 1.165) is 25.7 Å². The van der Waals surface area contributed by atoms with Crippen LogP contribution in [0, 0.1) is 0 Å². The van der Waals surface area contributed by atoms with Crippen LogP contribution in [0.15, 0.2) is 0 Å². The van der Waals surface area contributed by atoms with Crippen LogP contribution < -0.4 is 0 Å². The van der Waals surface area contributed by atoms with Crippen LogP contribution in [-0.4, -0.2) is 28.7 Å². The molecule has 1 amide bonds. The van der Waals surface area contributed by atoms with Crippen LogP contribution in [-0.2, 0) is 4.74 Å². The van der Waals surface area contributed by atoms with Crippen molar-refractivity contribution in [2.24, 2.45) is 0 Å². The van der Waals surface area contributed by atoms with Crippen molar-refractivity contribution in [1.82, 2.24) is 4.90 Å². The lowest BCUT2D eigenvalue weighted by atomic mass is 9.84. The minimum Gasteiger partial charge on any atom is -0.450 e. The standard InChI is InChI=1S/C15H31NO2/c1-8-14(6,9-2)16(13(17)18-12-5)15(7,10-3)11-4/h8-12H2,1-7H3. The van der Waals surface area contributed by atoms with E-state index in [9.17, 15) is 4.79 Å². The number of carbonyl (C=O) groups is 1. The van der Waals surface area contributed by atoms with Gasteiger partial charge in [-0.2, -0.15) is 0 Å². The van der Waals surface area contributed by atoms with Gasteiger partial charge < -0.3 is 4.74 Å². The van der Waals surface area contributed by atoms with E-state index in [-0.39, 0.29) is 17.2 Å². The van der Waals surface area contributed by atoms with Gasteiger partial charge in [0, 0.05) is 11.1 Å². The lowest BCUT2D eigenvalue weighted by Crippen LogP contribution is -2.60. The monoisotopic (exact) mass is 257 g/mol. The summed E-state index contributed by atoms with van der Waals surface area (Å²) in [5.74, 6) is 0. The van der Waals surface area contributed by atoms with E-state index < -0.39 is 0 Å². The molecular weight excluding hydrogens is 226 g/mol. The zero-order valence-electron chi connectivity index (χ0n) is 13.3. The molecule has 3 heteroatoms. The van der Waals surface area contributed by atoms with Gasteiger partial charge in [0.1, 0.15) is 0 Å². The Morgan fingerprint density at radius 2 is 1.22 bits per heavy atom. The molecule has 0 spiro atoms. The lowest BCUT2D eigenvalue weighted by Gasteiger charge is -2.50. The molecular formula is C15H31NO2. The molecule has 0 saturated carbocycles. The fourth-order valence-electron chi connectivity index (χ4n) is 2.41. The Bertz CT molecular complexity index is 237. The molecule has 0 rings (SSSR count). The second-order valence-corrected chi connectivity index (χ2v) is 5.44. The van der Waals surface area contributed by atoms with E-state index in [1.807, 2.05) is 11.8 Å². The van der Waals surface area contributed by atoms with Crippen molar-refractivity contribution in [3.8, 4) is 0 Å². The molecule has 18 heavy (non-hydrogen) atoms. The maximum absolute atomic E-state index is 12.4. The Morgan fingerprint density at radius 3 is 1.44 bits per heavy atom. The van der Waals surface area contributed by atoms with Gasteiger partial charge in [0.25, 0.3) is 0 Å². The summed E-state index contributed by atoms with van der Waals surface area (Å²) < 4.78 is 5.29. The van der Waals surface area contributed by atoms with E-state index >= 15 is 0 Å². The topological polar surface area (TPSA) is 29.5 Å². The van der Waals surface area contributed by atoms with Crippen LogP contribution in [0.5, 0.6) is 0 Å². The maximum Gasteiger partial charge on any atom is 0.410 e. The third-order valence-corrected chi connectivity index (χ3v) is 4.58. The SMILES string of the molecule is CCOC(=O)N(C(C)(CC)CC)C(C)(CC)CC. The fourth-order valence-corrected chi connectivity index (χ4v) is 2.41. The van der Waals surface area contributed by atoms with Crippen molar-refractivity contribution in [3.63, 3.8) is 0 Å². The maximum atomic E-state index is 12.4. The predicted octanol–water partition coefficient (Wildman–Crippen LogP) is 4.60. The van der Waals surface area contributed by atoms with Gasteiger partial charge in [0.15, 0.2) is 0 Å². The highest BCUT2D eigenvalue weighted by Gasteiger charge is 2.43. The van der Waals surface area contributed by atoms with E-state index in [2.05, 4.69) is 41.5 Å². The van der Waals surface area contributed by atoms with Crippen molar-refractivity contribution in [2.75, 3.05) is 6.61 Å². The third kappa shape index (κ3) is 3.39. The normalized spacial score (nSPS) is 12.4. The Morgan fingerprint density at radius 1 is 0.889 bits per heavy atom. The minimum absolute atomic E-state index is 0.132. The number of rotatable bonds is 7. The Hall–Kier alpha value is -0.730. The first-order valence-electron chi connectivity index (χ1n) is 7.32. The summed E-state index contributed by atoms with van der Waals surface area (Å²) >= 11 is 0. The molecule has 3 nitrogen and oxygen atoms in total. The molecule has 0 radical (unpaired) electrons. The number of carbonyl (C=O) groups excluding carboxylic acids is 1. The Labute approximate surface area is 113 Å². The predicted molar refractivity (Wildman–Crippen MR) is 76.8 cm³/mol. The summed E-state index contributed by atoms with van der Waals surface area (Å²) in [5, 5.41) is 0. The van der Waals surface area contributed by atoms with E-state index in [0.29, 0.717) is 6.61 Å². The highest BCUT2D eigenvalue weighted by molar-refractivity contribution is 5.69. The van der Waals surface area contributed by atoms with Crippen LogP contribution >= 0.6 is 0 Å². The Balaban J connectivity index is 5.48. The summed E-state index contributed by atoms with van der Waals surface area (Å²) in [5.41, 5.74) is -0.264. The van der Waals surface area contributed by atoms with Crippen molar-refractivity contribution < 1.29 is 9.53 Å². The molecule has 0 atom stereocenters. The number of hydrogen-bond donors (Lipinski definition) is 0. The first-order valence-corrected chi connectivity index (χ1v) is 7.32. The second kappa shape index (κ2) is 7.01. The molecule has 0 aliphatic rings. The van der Waals surface area contributed by atoms with Crippen molar-refractivity contribution in [3.05, 3.63) is 0 Å². The van der Waals surface area contributed by atoms with Crippen LogP contribution in [0.1, 0.15) is 74.1 Å². The van der Waals surface area contributed by atoms with E-state index in [1.165, 1.54) is 0 Å². The highest BCUT2D eigenvalue weighted by Crippen LogP contribution is 2.35. The van der Waals surface area contributed by atoms with Crippen LogP contribution in [0.25, 0.3) is 0 Å². The van der Waals surface area contributed by atoms with Crippen molar-refractivity contribution >= 4 is 6.09 Å². The molecule has 0 fully saturated rings. The molecule has 0 bridgehead atoms. The molecule has 0 aliphatic carbocycles. The quantitative estimate of drug-likeness (QED) is 0.667. The molecule has 108 valence electrons. The minimum atomic E-state index is -0.171. The highest BCUT2D eigenvalue weighted by atomic mass is 16.6. The number of nitrogens with zero attached hydrogens (tertiary/aromatic N) is 1. The number of hydrogen-bond acceptors (Lipinski definition) is 2. The molecule has 0 heterocycles. The van der Waals surface area contributed by atoms with Gasteiger partial charge >= 0.3 is 6.09 Å². The first-order chi connectivity index (χ1) is 8.35. The lowest BCUT2D eigenvalue weighted by molar-refractivity contribution is -0.0135. The van der Waals surface area contributed by atoms with Crippen LogP contribution in [0.2, 0.25) is 0 Å². The van der Waals surface area contributed by atoms with Gasteiger partial charge in [-0.3, -0.25) is 4.90 Å². The van der Waals surface area contributed by atoms with Gasteiger partial charge in [-0.05, 0) is 46.5 Å². The van der Waals surface area contributed by atoms with Crippen molar-refractivity contribution in [2.45, 2.75) is 85.2 Å². The Kier molecular flexibility index (Phi) is 6.72. The second-order valence-electron chi connectivity index (χ2n) is 5.44. The average molecular weight is 257 g/mol. The summed E-state index contributed by atoms with van der Waals surface area (Å²) in [6, 6.07) is 0.